The number of hydrogen-bond acceptors (Lipinski definition) is 1. The van der Waals surface area contributed by atoms with Gasteiger partial charge in [0.25, 0.3) is 0 Å². The van der Waals surface area contributed by atoms with Crippen LogP contribution < -0.4 is 5.73 Å². The van der Waals surface area contributed by atoms with E-state index < -0.39 is 0 Å². The molecule has 1 heterocycles. The van der Waals surface area contributed by atoms with Gasteiger partial charge in [-0.1, -0.05) is 6.08 Å². The maximum Gasteiger partial charge on any atom is 0.318 e. The molecule has 0 bridgehead atoms. The number of nitrogens with two attached hydrogens (primary N) is 1. The molecule has 2 N–H and O–H groups in total. The highest BCUT2D eigenvalue weighted by molar-refractivity contribution is 5.74. The summed E-state index contributed by atoms with van der Waals surface area (Å²) in [6.07, 6.45) is 6.88. The highest BCUT2D eigenvalue weighted by Gasteiger charge is 2.31. The van der Waals surface area contributed by atoms with Crippen molar-refractivity contribution in [3.63, 3.8) is 0 Å². The zero-order chi connectivity index (χ0) is 8.55. The first kappa shape index (κ1) is 7.65. The minimum absolute atomic E-state index is 0.286. The predicted octanol–water partition coefficient (Wildman–Crippen LogP) is 1.45. The Morgan fingerprint density at radius 1 is 1.58 bits per heavy atom. The van der Waals surface area contributed by atoms with Gasteiger partial charge < -0.3 is 5.73 Å². The van der Waals surface area contributed by atoms with Crippen molar-refractivity contribution in [2.45, 2.75) is 25.7 Å². The third-order valence-electron chi connectivity index (χ3n) is 2.81. The van der Waals surface area contributed by atoms with Crippen molar-refractivity contribution in [3.8, 4) is 0 Å². The van der Waals surface area contributed by atoms with Gasteiger partial charge in [-0.15, -0.1) is 0 Å². The largest absolute Gasteiger partial charge is 0.351 e. The fraction of sp³-hybridized carbons (Fsp3) is 0.667. The zero-order valence-electron chi connectivity index (χ0n) is 7.12. The van der Waals surface area contributed by atoms with Gasteiger partial charge >= 0.3 is 6.03 Å². The summed E-state index contributed by atoms with van der Waals surface area (Å²) in [5.74, 6) is 0.617. The lowest BCUT2D eigenvalue weighted by molar-refractivity contribution is 0.225. The topological polar surface area (TPSA) is 46.3 Å². The molecule has 0 aromatic rings. The SMILES string of the molecule is NC(=O)N1CCC2CCCC=C21. The van der Waals surface area contributed by atoms with Gasteiger partial charge in [-0.2, -0.15) is 0 Å². The molecular formula is C9H14N2O. The molecule has 1 unspecified atom stereocenters. The van der Waals surface area contributed by atoms with E-state index in [2.05, 4.69) is 6.08 Å². The molecule has 3 heteroatoms. The van der Waals surface area contributed by atoms with Gasteiger partial charge in [0.1, 0.15) is 0 Å². The van der Waals surface area contributed by atoms with Crippen molar-refractivity contribution in [1.82, 2.24) is 4.90 Å². The summed E-state index contributed by atoms with van der Waals surface area (Å²) in [6, 6.07) is -0.286. The quantitative estimate of drug-likeness (QED) is 0.581. The lowest BCUT2D eigenvalue weighted by Gasteiger charge is -2.21. The summed E-state index contributed by atoms with van der Waals surface area (Å²) in [6.45, 7) is 0.825. The Morgan fingerprint density at radius 2 is 2.42 bits per heavy atom. The van der Waals surface area contributed by atoms with E-state index in [-0.39, 0.29) is 6.03 Å². The first-order chi connectivity index (χ1) is 5.79. The second kappa shape index (κ2) is 2.81. The van der Waals surface area contributed by atoms with E-state index >= 15 is 0 Å². The van der Waals surface area contributed by atoms with Crippen LogP contribution >= 0.6 is 0 Å². The number of amides is 2. The van der Waals surface area contributed by atoms with Crippen molar-refractivity contribution >= 4 is 6.03 Å². The molecule has 1 fully saturated rings. The first-order valence-corrected chi connectivity index (χ1v) is 4.56. The molecule has 0 spiro atoms. The molecule has 0 aromatic carbocycles. The molecule has 2 aliphatic rings. The van der Waals surface area contributed by atoms with Crippen LogP contribution in [0.2, 0.25) is 0 Å². The summed E-state index contributed by atoms with van der Waals surface area (Å²) < 4.78 is 0. The average molecular weight is 166 g/mol. The minimum atomic E-state index is -0.286. The molecule has 1 saturated heterocycles. The third-order valence-corrected chi connectivity index (χ3v) is 2.81. The van der Waals surface area contributed by atoms with Gasteiger partial charge in [0.15, 0.2) is 0 Å². The Hall–Kier alpha value is -0.990. The summed E-state index contributed by atoms with van der Waals surface area (Å²) in [4.78, 5) is 12.7. The molecular weight excluding hydrogens is 152 g/mol. The number of carbonyl (C=O) groups excluding carboxylic acids is 1. The number of allylic oxidation sites excluding steroid dienone is 2. The maximum absolute atomic E-state index is 11.0. The second-order valence-electron chi connectivity index (χ2n) is 3.54. The van der Waals surface area contributed by atoms with E-state index in [1.54, 1.807) is 4.90 Å². The Labute approximate surface area is 72.2 Å². The number of urea groups is 1. The number of carbonyl (C=O) groups is 1. The van der Waals surface area contributed by atoms with Gasteiger partial charge in [0.2, 0.25) is 0 Å². The van der Waals surface area contributed by atoms with E-state index in [9.17, 15) is 4.79 Å². The first-order valence-electron chi connectivity index (χ1n) is 4.56. The van der Waals surface area contributed by atoms with Crippen LogP contribution in [0.15, 0.2) is 11.8 Å². The monoisotopic (exact) mass is 166 g/mol. The molecule has 1 aliphatic carbocycles. The van der Waals surface area contributed by atoms with Crippen molar-refractivity contribution in [3.05, 3.63) is 11.8 Å². The van der Waals surface area contributed by atoms with E-state index in [1.165, 1.54) is 18.5 Å². The Balaban J connectivity index is 2.20. The van der Waals surface area contributed by atoms with E-state index in [0.29, 0.717) is 5.92 Å². The van der Waals surface area contributed by atoms with Crippen LogP contribution in [0, 0.1) is 5.92 Å². The number of likely N-dealkylation sites (tertiary alicyclic amines) is 1. The normalized spacial score (nSPS) is 28.2. The van der Waals surface area contributed by atoms with E-state index in [0.717, 1.165) is 19.4 Å². The summed E-state index contributed by atoms with van der Waals surface area (Å²) in [7, 11) is 0. The number of hydrogen-bond donors (Lipinski definition) is 1. The third kappa shape index (κ3) is 1.09. The Kier molecular flexibility index (Phi) is 1.79. The van der Waals surface area contributed by atoms with Crippen LogP contribution in [0.25, 0.3) is 0 Å². The van der Waals surface area contributed by atoms with Crippen LogP contribution in [0.3, 0.4) is 0 Å². The van der Waals surface area contributed by atoms with Crippen LogP contribution in [0.5, 0.6) is 0 Å². The molecule has 1 aliphatic heterocycles. The van der Waals surface area contributed by atoms with Crippen molar-refractivity contribution in [1.29, 1.82) is 0 Å². The maximum atomic E-state index is 11.0. The van der Waals surface area contributed by atoms with Crippen molar-refractivity contribution in [2.75, 3.05) is 6.54 Å². The number of primary amides is 1. The molecule has 3 nitrogen and oxygen atoms in total. The fourth-order valence-corrected chi connectivity index (χ4v) is 2.20. The number of nitrogens with zero attached hydrogens (tertiary/aromatic N) is 1. The Morgan fingerprint density at radius 3 is 3.17 bits per heavy atom. The van der Waals surface area contributed by atoms with Gasteiger partial charge in [-0.05, 0) is 25.7 Å². The zero-order valence-corrected chi connectivity index (χ0v) is 7.12. The predicted molar refractivity (Wildman–Crippen MR) is 46.3 cm³/mol. The van der Waals surface area contributed by atoms with Crippen molar-refractivity contribution < 1.29 is 4.79 Å². The molecule has 0 radical (unpaired) electrons. The summed E-state index contributed by atoms with van der Waals surface area (Å²) in [5, 5.41) is 0. The molecule has 66 valence electrons. The van der Waals surface area contributed by atoms with E-state index in [4.69, 9.17) is 5.73 Å². The standard InChI is InChI=1S/C9H14N2O/c10-9(12)11-6-5-7-3-1-2-4-8(7)11/h4,7H,1-3,5-6H2,(H2,10,12). The van der Waals surface area contributed by atoms with Crippen LogP contribution in [0.1, 0.15) is 25.7 Å². The van der Waals surface area contributed by atoms with E-state index in [1.807, 2.05) is 0 Å². The molecule has 12 heavy (non-hydrogen) atoms. The highest BCUT2D eigenvalue weighted by atomic mass is 16.2. The van der Waals surface area contributed by atoms with Crippen LogP contribution in [0.4, 0.5) is 4.79 Å². The average Bonchev–Trinajstić information content (AvgIpc) is 2.47. The van der Waals surface area contributed by atoms with Gasteiger partial charge in [-0.3, -0.25) is 4.90 Å². The summed E-state index contributed by atoms with van der Waals surface area (Å²) >= 11 is 0. The fourth-order valence-electron chi connectivity index (χ4n) is 2.20. The molecule has 1 atom stereocenters. The number of rotatable bonds is 0. The van der Waals surface area contributed by atoms with Gasteiger partial charge in [0, 0.05) is 18.2 Å². The second-order valence-corrected chi connectivity index (χ2v) is 3.54. The smallest absolute Gasteiger partial charge is 0.318 e. The molecule has 2 rings (SSSR count). The van der Waals surface area contributed by atoms with Crippen molar-refractivity contribution in [2.24, 2.45) is 11.7 Å². The van der Waals surface area contributed by atoms with Crippen LogP contribution in [-0.2, 0) is 0 Å². The Bertz CT molecular complexity index is 235. The highest BCUT2D eigenvalue weighted by Crippen LogP contribution is 2.35. The molecule has 2 amide bonds. The van der Waals surface area contributed by atoms with Crippen LogP contribution in [-0.4, -0.2) is 17.5 Å². The lowest BCUT2D eigenvalue weighted by atomic mass is 9.93. The lowest BCUT2D eigenvalue weighted by Crippen LogP contribution is -2.32. The molecule has 0 aromatic heterocycles. The molecule has 0 saturated carbocycles. The summed E-state index contributed by atoms with van der Waals surface area (Å²) in [5.41, 5.74) is 6.44. The van der Waals surface area contributed by atoms with Gasteiger partial charge in [0.05, 0.1) is 0 Å². The minimum Gasteiger partial charge on any atom is -0.351 e. The number of fused-ring (bicyclic) bond motifs is 1. The van der Waals surface area contributed by atoms with Gasteiger partial charge in [-0.25, -0.2) is 4.79 Å².